The predicted molar refractivity (Wildman–Crippen MR) is 170 cm³/mol. The molecule has 0 radical (unpaired) electrons. The standard InChI is InChI=1S/C29H55N9O8/c1-5-17(4)24(28(44)36-20(29(45)46)14-21(33)39)38-27(43)23(16(2)3)37-26(42)19(11-7-9-13-31)35-25(41)18(10-6-8-12-30)34-22(40)15-32/h16-20,23-24H,5-15,30-32H2,1-4H3,(H2,33,39)(H,34,40)(H,35,41)(H,36,44)(H,37,42)(H,38,43)(H,45,46)/t17-,18-,19-,20-,23-,24-/m0/s1. The Balaban J connectivity index is 6.01. The van der Waals surface area contributed by atoms with Gasteiger partial charge in [-0.05, 0) is 63.5 Å². The van der Waals surface area contributed by atoms with Crippen molar-refractivity contribution in [2.45, 2.75) is 109 Å². The van der Waals surface area contributed by atoms with Gasteiger partial charge in [-0.15, -0.1) is 0 Å². The maximum Gasteiger partial charge on any atom is 0.326 e. The minimum atomic E-state index is -1.60. The molecule has 0 fully saturated rings. The minimum absolute atomic E-state index is 0.190. The summed E-state index contributed by atoms with van der Waals surface area (Å²) < 4.78 is 0. The van der Waals surface area contributed by atoms with E-state index < -0.39 is 89.9 Å². The van der Waals surface area contributed by atoms with Gasteiger partial charge in [0, 0.05) is 0 Å². The highest BCUT2D eigenvalue weighted by atomic mass is 16.4. The minimum Gasteiger partial charge on any atom is -0.480 e. The van der Waals surface area contributed by atoms with Crippen LogP contribution >= 0.6 is 0 Å². The van der Waals surface area contributed by atoms with Crippen LogP contribution in [-0.2, 0) is 33.6 Å². The number of carboxylic acids is 1. The average molecular weight is 658 g/mol. The Hall–Kier alpha value is -3.83. The van der Waals surface area contributed by atoms with Crippen LogP contribution in [0.15, 0.2) is 0 Å². The van der Waals surface area contributed by atoms with E-state index in [1.165, 1.54) is 0 Å². The first-order valence-corrected chi connectivity index (χ1v) is 15.7. The summed E-state index contributed by atoms with van der Waals surface area (Å²) in [5.74, 6) is -6.70. The van der Waals surface area contributed by atoms with Crippen LogP contribution in [0, 0.1) is 11.8 Å². The first kappa shape index (κ1) is 42.2. The molecule has 0 bridgehead atoms. The molecular weight excluding hydrogens is 602 g/mol. The number of aliphatic carboxylic acids is 1. The highest BCUT2D eigenvalue weighted by Gasteiger charge is 2.35. The summed E-state index contributed by atoms with van der Waals surface area (Å²) in [6, 6.07) is -6.00. The quantitative estimate of drug-likeness (QED) is 0.0476. The molecule has 46 heavy (non-hydrogen) atoms. The Bertz CT molecular complexity index is 1030. The second-order valence-corrected chi connectivity index (χ2v) is 11.6. The number of nitrogens with two attached hydrogens (primary N) is 4. The number of amides is 6. The molecule has 6 atom stereocenters. The van der Waals surface area contributed by atoms with Crippen molar-refractivity contribution < 1.29 is 38.7 Å². The number of carbonyl (C=O) groups is 7. The van der Waals surface area contributed by atoms with Crippen molar-refractivity contribution in [3.63, 3.8) is 0 Å². The largest absolute Gasteiger partial charge is 0.480 e. The predicted octanol–water partition coefficient (Wildman–Crippen LogP) is -2.71. The molecule has 6 amide bonds. The highest BCUT2D eigenvalue weighted by Crippen LogP contribution is 2.12. The monoisotopic (exact) mass is 657 g/mol. The van der Waals surface area contributed by atoms with Crippen LogP contribution in [0.5, 0.6) is 0 Å². The summed E-state index contributed by atoms with van der Waals surface area (Å²) in [5, 5.41) is 22.2. The fraction of sp³-hybridized carbons (Fsp3) is 0.759. The molecule has 0 saturated heterocycles. The summed E-state index contributed by atoms with van der Waals surface area (Å²) in [4.78, 5) is 88.2. The molecule has 17 nitrogen and oxygen atoms in total. The van der Waals surface area contributed by atoms with E-state index in [9.17, 15) is 38.7 Å². The van der Waals surface area contributed by atoms with Crippen LogP contribution in [-0.4, -0.2) is 96.4 Å². The molecule has 0 spiro atoms. The molecule has 0 rings (SSSR count). The van der Waals surface area contributed by atoms with E-state index >= 15 is 0 Å². The fourth-order valence-corrected chi connectivity index (χ4v) is 4.45. The third kappa shape index (κ3) is 15.9. The van der Waals surface area contributed by atoms with E-state index in [0.717, 1.165) is 0 Å². The van der Waals surface area contributed by atoms with Gasteiger partial charge in [0.1, 0.15) is 30.2 Å². The number of hydrogen-bond acceptors (Lipinski definition) is 10. The number of carboxylic acid groups (broad SMARTS) is 1. The molecule has 0 aliphatic rings. The first-order valence-electron chi connectivity index (χ1n) is 15.7. The number of unbranched alkanes of at least 4 members (excludes halogenated alkanes) is 2. The fourth-order valence-electron chi connectivity index (χ4n) is 4.45. The van der Waals surface area contributed by atoms with Gasteiger partial charge >= 0.3 is 5.97 Å². The van der Waals surface area contributed by atoms with Gasteiger partial charge in [-0.3, -0.25) is 28.8 Å². The third-order valence-corrected chi connectivity index (χ3v) is 7.42. The number of hydrogen-bond donors (Lipinski definition) is 10. The number of carbonyl (C=O) groups excluding carboxylic acids is 6. The number of rotatable bonds is 24. The normalized spacial score (nSPS) is 15.0. The Labute approximate surface area is 270 Å². The van der Waals surface area contributed by atoms with Gasteiger partial charge < -0.3 is 54.6 Å². The SMILES string of the molecule is CC[C@H](C)[C@H](NC(=O)[C@@H](NC(=O)[C@H](CCCCN)NC(=O)[C@H](CCCCN)NC(=O)CN)C(C)C)C(=O)N[C@@H](CC(N)=O)C(=O)O. The lowest BCUT2D eigenvalue weighted by Crippen LogP contribution is -2.61. The van der Waals surface area contributed by atoms with Crippen molar-refractivity contribution in [3.8, 4) is 0 Å². The smallest absolute Gasteiger partial charge is 0.326 e. The summed E-state index contributed by atoms with van der Waals surface area (Å²) >= 11 is 0. The van der Waals surface area contributed by atoms with Gasteiger partial charge in [-0.25, -0.2) is 4.79 Å². The first-order chi connectivity index (χ1) is 21.6. The molecular formula is C29H55N9O8. The van der Waals surface area contributed by atoms with Gasteiger partial charge in [-0.1, -0.05) is 34.1 Å². The van der Waals surface area contributed by atoms with Crippen LogP contribution in [0.2, 0.25) is 0 Å². The lowest BCUT2D eigenvalue weighted by atomic mass is 9.95. The van der Waals surface area contributed by atoms with Crippen molar-refractivity contribution in [2.75, 3.05) is 19.6 Å². The zero-order valence-electron chi connectivity index (χ0n) is 27.4. The van der Waals surface area contributed by atoms with E-state index in [0.29, 0.717) is 45.2 Å². The van der Waals surface area contributed by atoms with E-state index in [-0.39, 0.29) is 19.4 Å². The molecule has 0 heterocycles. The molecule has 0 aliphatic heterocycles. The lowest BCUT2D eigenvalue weighted by molar-refractivity contribution is -0.144. The second-order valence-electron chi connectivity index (χ2n) is 11.6. The Kier molecular flexibility index (Phi) is 20.8. The van der Waals surface area contributed by atoms with Crippen molar-refractivity contribution >= 4 is 41.4 Å². The zero-order chi connectivity index (χ0) is 35.4. The number of primary amides is 1. The van der Waals surface area contributed by atoms with Gasteiger partial charge in [-0.2, -0.15) is 0 Å². The Morgan fingerprint density at radius 2 is 1.09 bits per heavy atom. The topological polar surface area (TPSA) is 304 Å². The molecule has 17 heteroatoms. The molecule has 0 unspecified atom stereocenters. The molecule has 0 aromatic rings. The molecule has 264 valence electrons. The van der Waals surface area contributed by atoms with E-state index in [2.05, 4.69) is 26.6 Å². The van der Waals surface area contributed by atoms with Crippen LogP contribution in [0.1, 0.15) is 79.1 Å². The maximum atomic E-state index is 13.5. The zero-order valence-corrected chi connectivity index (χ0v) is 27.4. The van der Waals surface area contributed by atoms with Gasteiger partial charge in [0.05, 0.1) is 13.0 Å². The van der Waals surface area contributed by atoms with Gasteiger partial charge in [0.25, 0.3) is 0 Å². The van der Waals surface area contributed by atoms with Crippen molar-refractivity contribution in [2.24, 2.45) is 34.8 Å². The van der Waals surface area contributed by atoms with Crippen LogP contribution in [0.25, 0.3) is 0 Å². The number of nitrogens with one attached hydrogen (secondary N) is 5. The molecule has 0 aromatic heterocycles. The average Bonchev–Trinajstić information content (AvgIpc) is 2.99. The summed E-state index contributed by atoms with van der Waals surface area (Å²) in [6.07, 6.45) is 2.44. The van der Waals surface area contributed by atoms with Crippen LogP contribution in [0.3, 0.4) is 0 Å². The van der Waals surface area contributed by atoms with Crippen LogP contribution in [0.4, 0.5) is 0 Å². The molecule has 0 aliphatic carbocycles. The summed E-state index contributed by atoms with van der Waals surface area (Å²) in [6.45, 7) is 7.22. The van der Waals surface area contributed by atoms with Crippen LogP contribution < -0.4 is 49.5 Å². The summed E-state index contributed by atoms with van der Waals surface area (Å²) in [7, 11) is 0. The van der Waals surface area contributed by atoms with Crippen molar-refractivity contribution in [3.05, 3.63) is 0 Å². The highest BCUT2D eigenvalue weighted by molar-refractivity contribution is 5.96. The maximum absolute atomic E-state index is 13.5. The Morgan fingerprint density at radius 3 is 1.52 bits per heavy atom. The molecule has 0 aromatic carbocycles. The molecule has 0 saturated carbocycles. The molecule has 14 N–H and O–H groups in total. The second kappa shape index (κ2) is 22.6. The van der Waals surface area contributed by atoms with Crippen molar-refractivity contribution in [1.82, 2.24) is 26.6 Å². The third-order valence-electron chi connectivity index (χ3n) is 7.42. The van der Waals surface area contributed by atoms with Gasteiger partial charge in [0.15, 0.2) is 0 Å². The van der Waals surface area contributed by atoms with E-state index in [4.69, 9.17) is 22.9 Å². The van der Waals surface area contributed by atoms with E-state index in [1.807, 2.05) is 0 Å². The summed E-state index contributed by atoms with van der Waals surface area (Å²) in [5.41, 5.74) is 21.7. The van der Waals surface area contributed by atoms with Crippen molar-refractivity contribution in [1.29, 1.82) is 0 Å². The van der Waals surface area contributed by atoms with Gasteiger partial charge in [0.2, 0.25) is 35.4 Å². The van der Waals surface area contributed by atoms with E-state index in [1.54, 1.807) is 27.7 Å². The Morgan fingerprint density at radius 1 is 0.630 bits per heavy atom. The lowest BCUT2D eigenvalue weighted by Gasteiger charge is -2.30.